The van der Waals surface area contributed by atoms with Crippen LogP contribution in [-0.4, -0.2) is 61.8 Å². The molecule has 0 aromatic heterocycles. The van der Waals surface area contributed by atoms with E-state index in [0.717, 1.165) is 38.5 Å². The maximum atomic E-state index is 13.6. The molecule has 0 amide bonds. The van der Waals surface area contributed by atoms with Gasteiger partial charge in [0.05, 0.1) is 24.9 Å². The number of fused-ring (bicyclic) bond motifs is 7. The van der Waals surface area contributed by atoms with E-state index < -0.39 is 12.4 Å². The predicted molar refractivity (Wildman–Crippen MR) is 246 cm³/mol. The van der Waals surface area contributed by atoms with Crippen LogP contribution in [0.25, 0.3) is 0 Å². The quantitative estimate of drug-likeness (QED) is 0.177. The molecule has 7 nitrogen and oxygen atoms in total. The molecule has 5 aliphatic carbocycles. The summed E-state index contributed by atoms with van der Waals surface area (Å²) in [5.41, 5.74) is 0.710. The molecule has 23 atom stereocenters. The number of hydrogen-bond donors (Lipinski definition) is 0. The molecule has 8 fully saturated rings. The first-order valence-electron chi connectivity index (χ1n) is 26.1. The molecule has 9 unspecified atom stereocenters. The minimum absolute atomic E-state index is 0. The predicted octanol–water partition coefficient (Wildman–Crippen LogP) is 12.7. The first-order chi connectivity index (χ1) is 29.0. The minimum Gasteiger partial charge on any atom is -0.379 e. The molecule has 3 saturated heterocycles. The Kier molecular flexibility index (Phi) is 16.7. The van der Waals surface area contributed by atoms with Crippen molar-refractivity contribution in [3.05, 3.63) is 12.3 Å². The molecule has 8 aliphatic rings. The van der Waals surface area contributed by atoms with Crippen LogP contribution in [-0.2, 0) is 72.8 Å². The van der Waals surface area contributed by atoms with Crippen LogP contribution in [0.2, 0.25) is 0 Å². The Morgan fingerprint density at radius 2 is 1.38 bits per heavy atom. The summed E-state index contributed by atoms with van der Waals surface area (Å²) >= 11 is 0. The second-order valence-corrected chi connectivity index (χ2v) is 25.3. The third kappa shape index (κ3) is 8.80. The van der Waals surface area contributed by atoms with Gasteiger partial charge in [-0.1, -0.05) is 138 Å². The molecular weight excluding hydrogens is 1010 g/mol. The summed E-state index contributed by atoms with van der Waals surface area (Å²) in [5.74, 6) is 6.61. The van der Waals surface area contributed by atoms with Crippen LogP contribution in [0.1, 0.15) is 181 Å². The number of Topliss-reactive ketones (excluding diaryl/α,β-unsaturated/α-hetero) is 1. The van der Waals surface area contributed by atoms with E-state index in [1.807, 2.05) is 6.92 Å². The van der Waals surface area contributed by atoms with E-state index in [9.17, 15) is 4.79 Å². The Morgan fingerprint density at radius 1 is 0.703 bits per heavy atom. The summed E-state index contributed by atoms with van der Waals surface area (Å²) in [6.45, 7) is 38.6. The molecule has 9 heteroatoms. The van der Waals surface area contributed by atoms with Crippen molar-refractivity contribution in [3.63, 3.8) is 0 Å². The smallest absolute Gasteiger partial charge is 0.184 e. The maximum Gasteiger partial charge on any atom is 0.184 e. The fraction of sp³-hybridized carbons (Fsp3) is 0.945. The van der Waals surface area contributed by atoms with Crippen LogP contribution in [0.5, 0.6) is 0 Å². The summed E-state index contributed by atoms with van der Waals surface area (Å²) < 4.78 is 42.2. The van der Waals surface area contributed by atoms with E-state index in [4.69, 9.17) is 28.4 Å². The third-order valence-electron chi connectivity index (χ3n) is 22.0. The average molecular weight is 1100 g/mol. The summed E-state index contributed by atoms with van der Waals surface area (Å²) in [6.07, 6.45) is 13.2. The van der Waals surface area contributed by atoms with Crippen molar-refractivity contribution >= 4 is 5.78 Å². The number of ether oxygens (including phenoxy) is 6. The van der Waals surface area contributed by atoms with Crippen molar-refractivity contribution in [2.24, 2.45) is 92.2 Å². The maximum absolute atomic E-state index is 13.6. The Bertz CT molecular complexity index is 1610. The average Bonchev–Trinajstić information content (AvgIpc) is 3.21. The molecule has 8 rings (SSSR count). The van der Waals surface area contributed by atoms with E-state index in [1.165, 1.54) is 38.0 Å². The first-order valence-corrected chi connectivity index (χ1v) is 26.1. The van der Waals surface area contributed by atoms with Crippen LogP contribution < -0.4 is 0 Å². The standard InChI is InChI=1S/C55H92O7.V.W/c1-17-43-33(5)32(4)35(7)49(59-43)62-47-46(61-48-34(6)31(3)30(2)29-57-48)36(8)38(10)58-50(47)60-44-21-22-52(14)40(37(44)9)20-23-54(16)45(52)19-18-41-42-28-51(12,13)24-26-55(42,39(11)56)27-25-53(41,54)15;;/h27,30-36,38,40-50H,17-26,28-29H2,1-16H3;;/q-2;;/t30-,31-,32-,33+,34?,35?,36-,38?,40-,41?,42?,43?,44-,45?,46-,47?,48-,49-,50-,52?,53+,54-,55+;;/m0../s1. The van der Waals surface area contributed by atoms with Crippen molar-refractivity contribution in [3.8, 4) is 0 Å². The zero-order chi connectivity index (χ0) is 45.1. The van der Waals surface area contributed by atoms with Gasteiger partial charge in [0.2, 0.25) is 0 Å². The van der Waals surface area contributed by atoms with E-state index in [2.05, 4.69) is 110 Å². The third-order valence-corrected chi connectivity index (χ3v) is 22.0. The van der Waals surface area contributed by atoms with Crippen molar-refractivity contribution < 1.29 is 72.8 Å². The normalized spacial score (nSPS) is 53.8. The van der Waals surface area contributed by atoms with E-state index >= 15 is 0 Å². The fourth-order valence-corrected chi connectivity index (χ4v) is 16.5. The van der Waals surface area contributed by atoms with E-state index in [1.54, 1.807) is 0 Å². The molecule has 64 heavy (non-hydrogen) atoms. The zero-order valence-corrected chi connectivity index (χ0v) is 47.6. The number of ketones is 1. The molecule has 0 spiro atoms. The Labute approximate surface area is 418 Å². The van der Waals surface area contributed by atoms with Gasteiger partial charge < -0.3 is 39.6 Å². The van der Waals surface area contributed by atoms with Gasteiger partial charge in [-0.15, -0.1) is 0 Å². The van der Waals surface area contributed by atoms with Gasteiger partial charge in [0, 0.05) is 57.4 Å². The second-order valence-electron chi connectivity index (χ2n) is 25.3. The Balaban J connectivity index is 0.00000340. The molecule has 0 aromatic rings. The second kappa shape index (κ2) is 19.7. The molecule has 0 N–H and O–H groups in total. The van der Waals surface area contributed by atoms with Gasteiger partial charge in [0.15, 0.2) is 18.9 Å². The van der Waals surface area contributed by atoms with Gasteiger partial charge in [-0.2, -0.15) is 19.3 Å². The van der Waals surface area contributed by atoms with Gasteiger partial charge in [-0.3, -0.25) is 5.92 Å². The van der Waals surface area contributed by atoms with Gasteiger partial charge in [0.1, 0.15) is 11.9 Å². The zero-order valence-electron chi connectivity index (χ0n) is 43.2. The van der Waals surface area contributed by atoms with Crippen molar-refractivity contribution in [2.45, 2.75) is 231 Å². The number of hydrogen-bond acceptors (Lipinski definition) is 7. The van der Waals surface area contributed by atoms with Crippen molar-refractivity contribution in [2.75, 3.05) is 6.61 Å². The topological polar surface area (TPSA) is 72.5 Å². The molecule has 3 heterocycles. The molecule has 3 aliphatic heterocycles. The monoisotopic (exact) mass is 1100 g/mol. The van der Waals surface area contributed by atoms with Crippen LogP contribution in [0, 0.1) is 105 Å². The van der Waals surface area contributed by atoms with Crippen LogP contribution in [0.3, 0.4) is 0 Å². The van der Waals surface area contributed by atoms with Crippen LogP contribution in [0.4, 0.5) is 0 Å². The van der Waals surface area contributed by atoms with E-state index in [-0.39, 0.29) is 116 Å². The van der Waals surface area contributed by atoms with Gasteiger partial charge in [-0.25, -0.2) is 0 Å². The summed E-state index contributed by atoms with van der Waals surface area (Å²) in [4.78, 5) is 13.6. The molecule has 367 valence electrons. The van der Waals surface area contributed by atoms with Crippen LogP contribution in [0.15, 0.2) is 0 Å². The minimum atomic E-state index is -0.585. The van der Waals surface area contributed by atoms with Crippen LogP contribution >= 0.6 is 0 Å². The molecule has 0 aromatic carbocycles. The van der Waals surface area contributed by atoms with Crippen molar-refractivity contribution in [1.82, 2.24) is 0 Å². The summed E-state index contributed by atoms with van der Waals surface area (Å²) in [5, 5.41) is 0. The summed E-state index contributed by atoms with van der Waals surface area (Å²) in [7, 11) is 0. The van der Waals surface area contributed by atoms with E-state index in [0.29, 0.717) is 65.1 Å². The largest absolute Gasteiger partial charge is 0.379 e. The number of rotatable bonds is 8. The number of carbonyl (C=O) groups excluding carboxylic acids is 1. The summed E-state index contributed by atoms with van der Waals surface area (Å²) in [6, 6.07) is 0. The molecular formula is C55H92O7VW-2. The van der Waals surface area contributed by atoms with Gasteiger partial charge in [-0.05, 0) is 105 Å². The Hall–Kier alpha value is 0.703. The van der Waals surface area contributed by atoms with Crippen molar-refractivity contribution in [1.29, 1.82) is 0 Å². The fourth-order valence-electron chi connectivity index (χ4n) is 16.5. The first kappa shape index (κ1) is 54.0. The SMILES string of the molecule is CCC1O[C@@H](OC2[C@H](O[C@H]3CCC4(C)C5CCC6C7CC(C)(C)CC[C@]7(C(C)=O)[CH-]C[C@@]6(C)[C@@]5(C)CC[C@H]4[C-]3C)OC(C)[C@H](C)[C@@H]2O[C@@H]2OC[C@H](C)[C@H](C)C2C)C(C)[C@@H](C)[C@H]1C.[V].[W]. The number of carbonyl (C=O) groups is 1. The van der Waals surface area contributed by atoms with Gasteiger partial charge >= 0.3 is 0 Å². The molecule has 5 saturated carbocycles. The Morgan fingerprint density at radius 3 is 2.05 bits per heavy atom. The molecule has 0 bridgehead atoms. The van der Waals surface area contributed by atoms with Gasteiger partial charge in [0.25, 0.3) is 0 Å². The molecule has 1 radical (unpaired) electrons.